The first-order chi connectivity index (χ1) is 10.7. The van der Waals surface area contributed by atoms with Crippen LogP contribution in [0.25, 0.3) is 26.4 Å². The van der Waals surface area contributed by atoms with Gasteiger partial charge in [0.25, 0.3) is 0 Å². The minimum Gasteiger partial charge on any atom is -0.495 e. The average molecular weight is 349 g/mol. The first kappa shape index (κ1) is 13.9. The molecule has 2 aromatic carbocycles. The second-order valence-electron chi connectivity index (χ2n) is 4.81. The maximum absolute atomic E-state index is 6.28. The average Bonchev–Trinajstić information content (AvgIpc) is 3.04. The number of nitrogens with zero attached hydrogens (tertiary/aromatic N) is 2. The highest BCUT2D eigenvalue weighted by Crippen LogP contribution is 2.36. The molecule has 0 fully saturated rings. The van der Waals surface area contributed by atoms with E-state index < -0.39 is 0 Å². The number of ether oxygens (including phenoxy) is 1. The molecule has 0 aliphatic carbocycles. The van der Waals surface area contributed by atoms with Gasteiger partial charge in [0.15, 0.2) is 4.96 Å². The third kappa shape index (κ3) is 2.07. The summed E-state index contributed by atoms with van der Waals surface area (Å²) in [5.74, 6) is 0.829. The van der Waals surface area contributed by atoms with Crippen LogP contribution in [-0.2, 0) is 0 Å². The van der Waals surface area contributed by atoms with E-state index in [1.807, 2.05) is 34.9 Å². The quantitative estimate of drug-likeness (QED) is 0.476. The fourth-order valence-corrected chi connectivity index (χ4v) is 4.04. The normalized spacial score (nSPS) is 11.4. The maximum Gasteiger partial charge on any atom is 0.195 e. The van der Waals surface area contributed by atoms with E-state index in [2.05, 4.69) is 11.1 Å². The number of halogens is 2. The molecule has 0 N–H and O–H groups in total. The summed E-state index contributed by atoms with van der Waals surface area (Å²) in [6, 6.07) is 11.4. The number of benzene rings is 2. The van der Waals surface area contributed by atoms with Gasteiger partial charge >= 0.3 is 0 Å². The Hall–Kier alpha value is -1.75. The summed E-state index contributed by atoms with van der Waals surface area (Å²) in [5, 5.41) is 1.21. The van der Waals surface area contributed by atoms with Crippen molar-refractivity contribution in [1.29, 1.82) is 0 Å². The zero-order valence-corrected chi connectivity index (χ0v) is 13.8. The van der Waals surface area contributed by atoms with E-state index in [1.165, 1.54) is 0 Å². The molecule has 4 aromatic rings. The number of imidazole rings is 1. The van der Waals surface area contributed by atoms with E-state index in [0.29, 0.717) is 10.0 Å². The molecule has 0 saturated carbocycles. The van der Waals surface area contributed by atoms with Crippen LogP contribution in [0, 0.1) is 0 Å². The molecular formula is C16H10Cl2N2OS. The van der Waals surface area contributed by atoms with Crippen molar-refractivity contribution in [3.8, 4) is 17.0 Å². The first-order valence-electron chi connectivity index (χ1n) is 6.57. The highest BCUT2D eigenvalue weighted by atomic mass is 35.5. The summed E-state index contributed by atoms with van der Waals surface area (Å²) < 4.78 is 8.64. The van der Waals surface area contributed by atoms with Gasteiger partial charge in [0, 0.05) is 16.8 Å². The summed E-state index contributed by atoms with van der Waals surface area (Å²) in [7, 11) is 1.67. The minimum absolute atomic E-state index is 0.592. The number of thiazole rings is 1. The van der Waals surface area contributed by atoms with Crippen LogP contribution in [0.4, 0.5) is 0 Å². The van der Waals surface area contributed by atoms with Gasteiger partial charge in [0.05, 0.1) is 22.5 Å². The molecular weight excluding hydrogens is 339 g/mol. The van der Waals surface area contributed by atoms with Crippen LogP contribution >= 0.6 is 34.5 Å². The molecule has 0 aliphatic rings. The summed E-state index contributed by atoms with van der Waals surface area (Å²) in [6.45, 7) is 0. The molecule has 0 bridgehead atoms. The molecule has 0 atom stereocenters. The monoisotopic (exact) mass is 348 g/mol. The Bertz CT molecular complexity index is 1010. The standard InChI is InChI=1S/C16H10Cl2N2OS/c1-21-13-3-2-4-14-15(13)20-8-12(19-16(20)22-14)10-6-5-9(17)7-11(10)18/h2-8H,1H3. The van der Waals surface area contributed by atoms with Gasteiger partial charge in [-0.15, -0.1) is 0 Å². The van der Waals surface area contributed by atoms with Gasteiger partial charge in [-0.05, 0) is 30.3 Å². The predicted octanol–water partition coefficient (Wildman–Crippen LogP) is 5.53. The second-order valence-corrected chi connectivity index (χ2v) is 6.66. The SMILES string of the molecule is COc1cccc2sc3nc(-c4ccc(Cl)cc4Cl)cn3c12. The van der Waals surface area contributed by atoms with E-state index in [4.69, 9.17) is 27.9 Å². The van der Waals surface area contributed by atoms with Crippen LogP contribution in [0.2, 0.25) is 10.0 Å². The van der Waals surface area contributed by atoms with Gasteiger partial charge in [0.2, 0.25) is 0 Å². The Balaban J connectivity index is 1.98. The van der Waals surface area contributed by atoms with E-state index in [1.54, 1.807) is 24.5 Å². The summed E-state index contributed by atoms with van der Waals surface area (Å²) in [6.07, 6.45) is 1.98. The molecule has 4 rings (SSSR count). The van der Waals surface area contributed by atoms with Crippen LogP contribution in [0.3, 0.4) is 0 Å². The number of hydrogen-bond donors (Lipinski definition) is 0. The van der Waals surface area contributed by atoms with Crippen molar-refractivity contribution in [2.75, 3.05) is 7.11 Å². The number of fused-ring (bicyclic) bond motifs is 3. The minimum atomic E-state index is 0.592. The molecule has 0 radical (unpaired) electrons. The van der Waals surface area contributed by atoms with Gasteiger partial charge < -0.3 is 4.74 Å². The second kappa shape index (κ2) is 5.16. The topological polar surface area (TPSA) is 26.5 Å². The highest BCUT2D eigenvalue weighted by Gasteiger charge is 2.14. The van der Waals surface area contributed by atoms with Crippen LogP contribution in [0.15, 0.2) is 42.6 Å². The number of para-hydroxylation sites is 1. The Morgan fingerprint density at radius 3 is 2.82 bits per heavy atom. The Labute approximate surface area is 140 Å². The largest absolute Gasteiger partial charge is 0.495 e. The Morgan fingerprint density at radius 1 is 1.18 bits per heavy atom. The number of hydrogen-bond acceptors (Lipinski definition) is 3. The van der Waals surface area contributed by atoms with Gasteiger partial charge in [-0.25, -0.2) is 4.98 Å². The molecule has 0 amide bonds. The lowest BCUT2D eigenvalue weighted by molar-refractivity contribution is 0.418. The maximum atomic E-state index is 6.28. The first-order valence-corrected chi connectivity index (χ1v) is 8.14. The molecule has 110 valence electrons. The van der Waals surface area contributed by atoms with Crippen molar-refractivity contribution < 1.29 is 4.74 Å². The van der Waals surface area contributed by atoms with Crippen molar-refractivity contribution in [3.05, 3.63) is 52.6 Å². The lowest BCUT2D eigenvalue weighted by Crippen LogP contribution is -1.86. The molecule has 3 nitrogen and oxygen atoms in total. The van der Waals surface area contributed by atoms with Crippen molar-refractivity contribution in [1.82, 2.24) is 9.38 Å². The van der Waals surface area contributed by atoms with Crippen LogP contribution in [-0.4, -0.2) is 16.5 Å². The van der Waals surface area contributed by atoms with Crippen LogP contribution < -0.4 is 4.74 Å². The summed E-state index contributed by atoms with van der Waals surface area (Å²) in [5.41, 5.74) is 2.71. The van der Waals surface area contributed by atoms with Gasteiger partial charge in [-0.1, -0.05) is 40.6 Å². The number of aromatic nitrogens is 2. The third-order valence-electron chi connectivity index (χ3n) is 3.50. The van der Waals surface area contributed by atoms with Gasteiger partial charge in [0.1, 0.15) is 11.3 Å². The lowest BCUT2D eigenvalue weighted by atomic mass is 10.2. The van der Waals surface area contributed by atoms with Crippen LogP contribution in [0.5, 0.6) is 5.75 Å². The number of methoxy groups -OCH3 is 1. The molecule has 0 spiro atoms. The van der Waals surface area contributed by atoms with E-state index >= 15 is 0 Å². The molecule has 0 aliphatic heterocycles. The van der Waals surface area contributed by atoms with Crippen LogP contribution in [0.1, 0.15) is 0 Å². The molecule has 0 unspecified atom stereocenters. The van der Waals surface area contributed by atoms with E-state index in [9.17, 15) is 0 Å². The highest BCUT2D eigenvalue weighted by molar-refractivity contribution is 7.23. The number of rotatable bonds is 2. The molecule has 2 aromatic heterocycles. The van der Waals surface area contributed by atoms with Crippen molar-refractivity contribution in [3.63, 3.8) is 0 Å². The molecule has 6 heteroatoms. The lowest BCUT2D eigenvalue weighted by Gasteiger charge is -2.02. The Morgan fingerprint density at radius 2 is 2.05 bits per heavy atom. The zero-order valence-electron chi connectivity index (χ0n) is 11.5. The van der Waals surface area contributed by atoms with E-state index in [-0.39, 0.29) is 0 Å². The van der Waals surface area contributed by atoms with Gasteiger partial charge in [-0.2, -0.15) is 0 Å². The fourth-order valence-electron chi connectivity index (χ4n) is 2.51. The summed E-state index contributed by atoms with van der Waals surface area (Å²) in [4.78, 5) is 5.59. The smallest absolute Gasteiger partial charge is 0.195 e. The molecule has 2 heterocycles. The predicted molar refractivity (Wildman–Crippen MR) is 92.6 cm³/mol. The molecule has 22 heavy (non-hydrogen) atoms. The Kier molecular flexibility index (Phi) is 3.26. The van der Waals surface area contributed by atoms with Crippen molar-refractivity contribution in [2.24, 2.45) is 0 Å². The van der Waals surface area contributed by atoms with Gasteiger partial charge in [-0.3, -0.25) is 4.40 Å². The van der Waals surface area contributed by atoms with Crippen molar-refractivity contribution in [2.45, 2.75) is 0 Å². The van der Waals surface area contributed by atoms with E-state index in [0.717, 1.165) is 32.2 Å². The molecule has 0 saturated heterocycles. The fraction of sp³-hybridized carbons (Fsp3) is 0.0625. The zero-order chi connectivity index (χ0) is 15.3. The summed E-state index contributed by atoms with van der Waals surface area (Å²) >= 11 is 13.9. The van der Waals surface area contributed by atoms with Crippen molar-refractivity contribution >= 4 is 49.7 Å². The third-order valence-corrected chi connectivity index (χ3v) is 5.07.